The standard InChI is InChI=1S/C16H22N2O2/c1-11-6-7-15(12(2)9-11)17-16(20)14-5-4-8-18(10-14)13(3)19/h6-7,9,14H,4-5,8,10H2,1-3H3,(H,17,20)/t14-/m0/s1. The Morgan fingerprint density at radius 2 is 2.05 bits per heavy atom. The molecule has 1 aliphatic rings. The topological polar surface area (TPSA) is 49.4 Å². The number of aryl methyl sites for hydroxylation is 2. The molecule has 4 nitrogen and oxygen atoms in total. The zero-order chi connectivity index (χ0) is 14.7. The summed E-state index contributed by atoms with van der Waals surface area (Å²) in [6.07, 6.45) is 1.74. The van der Waals surface area contributed by atoms with E-state index in [1.54, 1.807) is 11.8 Å². The molecule has 1 fully saturated rings. The van der Waals surface area contributed by atoms with Gasteiger partial charge in [0.15, 0.2) is 0 Å². The van der Waals surface area contributed by atoms with Gasteiger partial charge in [-0.15, -0.1) is 0 Å². The van der Waals surface area contributed by atoms with Crippen molar-refractivity contribution in [3.8, 4) is 0 Å². The van der Waals surface area contributed by atoms with Gasteiger partial charge in [-0.25, -0.2) is 0 Å². The molecular weight excluding hydrogens is 252 g/mol. The summed E-state index contributed by atoms with van der Waals surface area (Å²) in [7, 11) is 0. The van der Waals surface area contributed by atoms with Crippen molar-refractivity contribution in [1.29, 1.82) is 0 Å². The first-order chi connectivity index (χ1) is 9.47. The van der Waals surface area contributed by atoms with Crippen molar-refractivity contribution in [3.63, 3.8) is 0 Å². The van der Waals surface area contributed by atoms with Crippen LogP contribution in [-0.4, -0.2) is 29.8 Å². The van der Waals surface area contributed by atoms with Crippen LogP contribution in [0.1, 0.15) is 30.9 Å². The lowest BCUT2D eigenvalue weighted by Crippen LogP contribution is -2.42. The number of carbonyl (C=O) groups is 2. The van der Waals surface area contributed by atoms with Crippen LogP contribution in [-0.2, 0) is 9.59 Å². The monoisotopic (exact) mass is 274 g/mol. The van der Waals surface area contributed by atoms with Crippen molar-refractivity contribution < 1.29 is 9.59 Å². The Balaban J connectivity index is 2.02. The highest BCUT2D eigenvalue weighted by Gasteiger charge is 2.27. The predicted octanol–water partition coefficient (Wildman–Crippen LogP) is 2.50. The number of anilines is 1. The molecule has 0 unspecified atom stereocenters. The Bertz CT molecular complexity index is 525. The fourth-order valence-electron chi connectivity index (χ4n) is 2.67. The smallest absolute Gasteiger partial charge is 0.229 e. The summed E-state index contributed by atoms with van der Waals surface area (Å²) < 4.78 is 0. The van der Waals surface area contributed by atoms with E-state index < -0.39 is 0 Å². The second kappa shape index (κ2) is 6.07. The van der Waals surface area contributed by atoms with Crippen LogP contribution in [0.2, 0.25) is 0 Å². The number of rotatable bonds is 2. The van der Waals surface area contributed by atoms with E-state index in [-0.39, 0.29) is 17.7 Å². The van der Waals surface area contributed by atoms with Crippen LogP contribution in [0.15, 0.2) is 18.2 Å². The number of hydrogen-bond donors (Lipinski definition) is 1. The molecule has 1 atom stereocenters. The van der Waals surface area contributed by atoms with Crippen LogP contribution < -0.4 is 5.32 Å². The molecule has 0 bridgehead atoms. The lowest BCUT2D eigenvalue weighted by Gasteiger charge is -2.31. The number of piperidine rings is 1. The third kappa shape index (κ3) is 3.38. The third-order valence-electron chi connectivity index (χ3n) is 3.88. The quantitative estimate of drug-likeness (QED) is 0.900. The summed E-state index contributed by atoms with van der Waals surface area (Å²) >= 11 is 0. The van der Waals surface area contributed by atoms with Gasteiger partial charge in [-0.2, -0.15) is 0 Å². The molecule has 0 aliphatic carbocycles. The molecule has 20 heavy (non-hydrogen) atoms. The van der Waals surface area contributed by atoms with E-state index >= 15 is 0 Å². The molecule has 108 valence electrons. The molecule has 1 saturated heterocycles. The molecule has 0 saturated carbocycles. The van der Waals surface area contributed by atoms with E-state index in [0.717, 1.165) is 30.6 Å². The molecule has 1 aromatic carbocycles. The van der Waals surface area contributed by atoms with Crippen molar-refractivity contribution in [2.75, 3.05) is 18.4 Å². The number of amides is 2. The van der Waals surface area contributed by atoms with Crippen LogP contribution >= 0.6 is 0 Å². The molecule has 1 aromatic rings. The summed E-state index contributed by atoms with van der Waals surface area (Å²) in [6, 6.07) is 5.98. The SMILES string of the molecule is CC(=O)N1CCC[C@H](C(=O)Nc2ccc(C)cc2C)C1. The minimum Gasteiger partial charge on any atom is -0.342 e. The molecule has 0 aromatic heterocycles. The zero-order valence-electron chi connectivity index (χ0n) is 12.4. The number of nitrogens with one attached hydrogen (secondary N) is 1. The van der Waals surface area contributed by atoms with Gasteiger partial charge in [0.1, 0.15) is 0 Å². The Hall–Kier alpha value is -1.84. The zero-order valence-corrected chi connectivity index (χ0v) is 12.4. The average molecular weight is 274 g/mol. The average Bonchev–Trinajstić information content (AvgIpc) is 2.42. The summed E-state index contributed by atoms with van der Waals surface area (Å²) in [6.45, 7) is 6.88. The Labute approximate surface area is 120 Å². The first-order valence-corrected chi connectivity index (χ1v) is 7.11. The number of benzene rings is 1. The summed E-state index contributed by atoms with van der Waals surface area (Å²) in [5, 5.41) is 2.99. The molecule has 0 spiro atoms. The van der Waals surface area contributed by atoms with Crippen molar-refractivity contribution in [1.82, 2.24) is 4.90 Å². The minimum absolute atomic E-state index is 0.0166. The van der Waals surface area contributed by atoms with Crippen molar-refractivity contribution in [2.24, 2.45) is 5.92 Å². The predicted molar refractivity (Wildman–Crippen MR) is 79.5 cm³/mol. The molecule has 1 N–H and O–H groups in total. The van der Waals surface area contributed by atoms with Gasteiger partial charge in [-0.1, -0.05) is 17.7 Å². The fourth-order valence-corrected chi connectivity index (χ4v) is 2.67. The van der Waals surface area contributed by atoms with E-state index in [4.69, 9.17) is 0 Å². The number of likely N-dealkylation sites (tertiary alicyclic amines) is 1. The number of nitrogens with zero attached hydrogens (tertiary/aromatic N) is 1. The van der Waals surface area contributed by atoms with Crippen molar-refractivity contribution in [2.45, 2.75) is 33.6 Å². The second-order valence-electron chi connectivity index (χ2n) is 5.61. The number of hydrogen-bond acceptors (Lipinski definition) is 2. The van der Waals surface area contributed by atoms with Gasteiger partial charge >= 0.3 is 0 Å². The van der Waals surface area contributed by atoms with E-state index in [1.807, 2.05) is 26.0 Å². The highest BCUT2D eigenvalue weighted by atomic mass is 16.2. The Kier molecular flexibility index (Phi) is 4.42. The first kappa shape index (κ1) is 14.6. The van der Waals surface area contributed by atoms with Gasteiger partial charge in [0, 0.05) is 25.7 Å². The first-order valence-electron chi connectivity index (χ1n) is 7.11. The molecule has 2 rings (SSSR count). The normalized spacial score (nSPS) is 18.8. The van der Waals surface area contributed by atoms with Crippen LogP contribution in [0.4, 0.5) is 5.69 Å². The molecule has 0 radical (unpaired) electrons. The van der Waals surface area contributed by atoms with E-state index in [0.29, 0.717) is 6.54 Å². The van der Waals surface area contributed by atoms with Crippen LogP contribution in [0.3, 0.4) is 0 Å². The summed E-state index contributed by atoms with van der Waals surface area (Å²) in [5.74, 6) is -0.0368. The van der Waals surface area contributed by atoms with Crippen molar-refractivity contribution in [3.05, 3.63) is 29.3 Å². The van der Waals surface area contributed by atoms with Gasteiger partial charge in [-0.05, 0) is 38.3 Å². The highest BCUT2D eigenvalue weighted by Crippen LogP contribution is 2.21. The van der Waals surface area contributed by atoms with E-state index in [9.17, 15) is 9.59 Å². The second-order valence-corrected chi connectivity index (χ2v) is 5.61. The summed E-state index contributed by atoms with van der Waals surface area (Å²) in [5.41, 5.74) is 3.11. The molecule has 2 amide bonds. The maximum Gasteiger partial charge on any atom is 0.229 e. The van der Waals surface area contributed by atoms with Gasteiger partial charge in [0.05, 0.1) is 5.92 Å². The lowest BCUT2D eigenvalue weighted by molar-refractivity contribution is -0.132. The maximum atomic E-state index is 12.3. The summed E-state index contributed by atoms with van der Waals surface area (Å²) in [4.78, 5) is 25.5. The third-order valence-corrected chi connectivity index (χ3v) is 3.88. The van der Waals surface area contributed by atoms with Crippen LogP contribution in [0, 0.1) is 19.8 Å². The Morgan fingerprint density at radius 3 is 2.70 bits per heavy atom. The van der Waals surface area contributed by atoms with Crippen LogP contribution in [0.5, 0.6) is 0 Å². The van der Waals surface area contributed by atoms with Crippen LogP contribution in [0.25, 0.3) is 0 Å². The molecule has 1 aliphatic heterocycles. The largest absolute Gasteiger partial charge is 0.342 e. The molecular formula is C16H22N2O2. The van der Waals surface area contributed by atoms with E-state index in [2.05, 4.69) is 11.4 Å². The molecule has 4 heteroatoms. The lowest BCUT2D eigenvalue weighted by atomic mass is 9.96. The van der Waals surface area contributed by atoms with Gasteiger partial charge in [-0.3, -0.25) is 9.59 Å². The molecule has 1 heterocycles. The fraction of sp³-hybridized carbons (Fsp3) is 0.500. The maximum absolute atomic E-state index is 12.3. The van der Waals surface area contributed by atoms with E-state index in [1.165, 1.54) is 5.56 Å². The highest BCUT2D eigenvalue weighted by molar-refractivity contribution is 5.93. The van der Waals surface area contributed by atoms with Gasteiger partial charge < -0.3 is 10.2 Å². The Morgan fingerprint density at radius 1 is 1.30 bits per heavy atom. The van der Waals surface area contributed by atoms with Crippen molar-refractivity contribution >= 4 is 17.5 Å². The van der Waals surface area contributed by atoms with Gasteiger partial charge in [0.25, 0.3) is 0 Å². The number of carbonyl (C=O) groups excluding carboxylic acids is 2. The minimum atomic E-state index is -0.103. The van der Waals surface area contributed by atoms with Gasteiger partial charge in [0.2, 0.25) is 11.8 Å².